The van der Waals surface area contributed by atoms with Gasteiger partial charge < -0.3 is 55.7 Å². The summed E-state index contributed by atoms with van der Waals surface area (Å²) in [5.41, 5.74) is 0.0194. The summed E-state index contributed by atoms with van der Waals surface area (Å²) >= 11 is 0. The highest BCUT2D eigenvalue weighted by Crippen LogP contribution is 2.34. The Morgan fingerprint density at radius 2 is 1.41 bits per heavy atom. The Bertz CT molecular complexity index is 796. The summed E-state index contributed by atoms with van der Waals surface area (Å²) in [6.45, 7) is 4.66. The molecule has 0 aromatic carbocycles. The molecule has 14 heteroatoms. The molecule has 5 atom stereocenters. The summed E-state index contributed by atoms with van der Waals surface area (Å²) in [7, 11) is 0. The Kier molecular flexibility index (Phi) is 21.2. The van der Waals surface area contributed by atoms with Crippen LogP contribution in [-0.2, 0) is 23.8 Å². The second-order valence-corrected chi connectivity index (χ2v) is 11.8. The summed E-state index contributed by atoms with van der Waals surface area (Å²) < 4.78 is 16.4. The number of nitrogens with one attached hydrogen (secondary N) is 3. The average Bonchev–Trinajstić information content (AvgIpc) is 3.00. The fraction of sp³-hybridized carbons (Fsp3) is 0.900. The molecule has 1 aliphatic heterocycles. The summed E-state index contributed by atoms with van der Waals surface area (Å²) in [4.78, 5) is 35.5. The van der Waals surface area contributed by atoms with Crippen LogP contribution in [0.15, 0.2) is 0 Å². The molecular weight excluding hydrogens is 578 g/mol. The Hall–Kier alpha value is -2.07. The van der Waals surface area contributed by atoms with E-state index in [0.29, 0.717) is 26.1 Å². The lowest BCUT2D eigenvalue weighted by Gasteiger charge is -2.42. The third-order valence-electron chi connectivity index (χ3n) is 7.81. The molecular formula is C30H57N3O11. The maximum Gasteiger partial charge on any atom is 0.407 e. The van der Waals surface area contributed by atoms with Gasteiger partial charge >= 0.3 is 6.09 Å². The number of rotatable bonds is 24. The molecule has 258 valence electrons. The van der Waals surface area contributed by atoms with Gasteiger partial charge in [-0.15, -0.1) is 0 Å². The lowest BCUT2D eigenvalue weighted by molar-refractivity contribution is -0.270. The molecule has 0 bridgehead atoms. The van der Waals surface area contributed by atoms with E-state index in [4.69, 9.17) is 24.4 Å². The predicted octanol–water partition coefficient (Wildman–Crippen LogP) is 0.461. The van der Waals surface area contributed by atoms with Crippen molar-refractivity contribution < 1.29 is 54.1 Å². The third kappa shape index (κ3) is 16.8. The van der Waals surface area contributed by atoms with Crippen molar-refractivity contribution in [3.63, 3.8) is 0 Å². The number of hydrogen-bond donors (Lipinski definition) is 8. The van der Waals surface area contributed by atoms with Gasteiger partial charge in [0.25, 0.3) is 0 Å². The number of amides is 3. The SMILES string of the molecule is CC(=O)NC1C(OCCCC(=O)NCCCCCCNC(=O)OCCCC(C)(CCCO)CCCO)OC(CO)C(O)C1O. The van der Waals surface area contributed by atoms with E-state index in [1.54, 1.807) is 0 Å². The van der Waals surface area contributed by atoms with Crippen molar-refractivity contribution in [2.24, 2.45) is 5.41 Å². The Morgan fingerprint density at radius 1 is 0.795 bits per heavy atom. The fourth-order valence-electron chi connectivity index (χ4n) is 5.26. The first kappa shape index (κ1) is 40.0. The van der Waals surface area contributed by atoms with Gasteiger partial charge in [0.15, 0.2) is 6.29 Å². The number of ether oxygens (including phenoxy) is 3. The van der Waals surface area contributed by atoms with Gasteiger partial charge in [-0.25, -0.2) is 4.79 Å². The molecule has 44 heavy (non-hydrogen) atoms. The largest absolute Gasteiger partial charge is 0.450 e. The maximum atomic E-state index is 12.1. The van der Waals surface area contributed by atoms with E-state index < -0.39 is 49.3 Å². The first-order valence-corrected chi connectivity index (χ1v) is 16.0. The normalized spacial score (nSPS) is 21.9. The highest BCUT2D eigenvalue weighted by Gasteiger charge is 2.45. The maximum absolute atomic E-state index is 12.1. The second-order valence-electron chi connectivity index (χ2n) is 11.8. The van der Waals surface area contributed by atoms with E-state index in [1.165, 1.54) is 6.92 Å². The Balaban J connectivity index is 2.09. The highest BCUT2D eigenvalue weighted by atomic mass is 16.7. The number of unbranched alkanes of at least 4 members (excludes halogenated alkanes) is 3. The fourth-order valence-corrected chi connectivity index (χ4v) is 5.26. The Labute approximate surface area is 261 Å². The summed E-state index contributed by atoms with van der Waals surface area (Å²) in [5, 5.41) is 56.0. The quantitative estimate of drug-likeness (QED) is 0.0682. The summed E-state index contributed by atoms with van der Waals surface area (Å²) in [6, 6.07) is -1.02. The van der Waals surface area contributed by atoms with Crippen LogP contribution in [-0.4, -0.2) is 120 Å². The molecule has 0 aromatic heterocycles. The van der Waals surface area contributed by atoms with Crippen LogP contribution in [0.3, 0.4) is 0 Å². The number of aliphatic hydroxyl groups excluding tert-OH is 5. The minimum absolute atomic E-state index is 0.0194. The molecule has 1 fully saturated rings. The molecule has 5 unspecified atom stereocenters. The topological polar surface area (TPSA) is 216 Å². The van der Waals surface area contributed by atoms with E-state index in [0.717, 1.165) is 64.2 Å². The first-order valence-electron chi connectivity index (χ1n) is 16.0. The molecule has 1 rings (SSSR count). The van der Waals surface area contributed by atoms with E-state index in [9.17, 15) is 29.7 Å². The molecule has 0 saturated carbocycles. The average molecular weight is 636 g/mol. The van der Waals surface area contributed by atoms with Crippen LogP contribution < -0.4 is 16.0 Å². The van der Waals surface area contributed by atoms with E-state index in [2.05, 4.69) is 22.9 Å². The van der Waals surface area contributed by atoms with Gasteiger partial charge in [0.2, 0.25) is 11.8 Å². The van der Waals surface area contributed by atoms with Crippen LogP contribution in [0.1, 0.15) is 90.9 Å². The summed E-state index contributed by atoms with van der Waals surface area (Å²) in [5.74, 6) is -0.571. The monoisotopic (exact) mass is 635 g/mol. The zero-order valence-corrected chi connectivity index (χ0v) is 26.5. The van der Waals surface area contributed by atoms with Gasteiger partial charge in [-0.05, 0) is 63.2 Å². The molecule has 0 spiro atoms. The molecule has 0 aromatic rings. The van der Waals surface area contributed by atoms with Crippen LogP contribution in [0.4, 0.5) is 4.79 Å². The number of carbonyl (C=O) groups excluding carboxylic acids is 3. The minimum Gasteiger partial charge on any atom is -0.450 e. The third-order valence-corrected chi connectivity index (χ3v) is 7.81. The van der Waals surface area contributed by atoms with Crippen molar-refractivity contribution in [1.29, 1.82) is 0 Å². The van der Waals surface area contributed by atoms with E-state index >= 15 is 0 Å². The molecule has 0 radical (unpaired) electrons. The predicted molar refractivity (Wildman–Crippen MR) is 161 cm³/mol. The Morgan fingerprint density at radius 3 is 2.00 bits per heavy atom. The zero-order valence-electron chi connectivity index (χ0n) is 26.5. The molecule has 1 aliphatic rings. The minimum atomic E-state index is -1.38. The number of hydrogen-bond acceptors (Lipinski definition) is 11. The van der Waals surface area contributed by atoms with Crippen LogP contribution >= 0.6 is 0 Å². The van der Waals surface area contributed by atoms with E-state index in [1.807, 2.05) is 0 Å². The van der Waals surface area contributed by atoms with Crippen molar-refractivity contribution in [3.05, 3.63) is 0 Å². The molecule has 0 aliphatic carbocycles. The standard InChI is InChI=1S/C30H57N3O11/c1-22(37)33-25-27(40)26(39)23(21-36)44-28(25)42-19-7-11-24(38)31-15-5-3-4-6-16-32-29(41)43-20-10-14-30(2,12-8-17-34)13-9-18-35/h23,25-28,34-36,39-40H,3-21H2,1-2H3,(H,31,38)(H,32,41)(H,33,37). The van der Waals surface area contributed by atoms with Crippen LogP contribution in [0.2, 0.25) is 0 Å². The van der Waals surface area contributed by atoms with Gasteiger partial charge in [0.1, 0.15) is 24.4 Å². The molecule has 1 heterocycles. The number of aliphatic hydroxyl groups is 5. The lowest BCUT2D eigenvalue weighted by Crippen LogP contribution is -2.64. The van der Waals surface area contributed by atoms with Crippen molar-refractivity contribution in [1.82, 2.24) is 16.0 Å². The van der Waals surface area contributed by atoms with Crippen molar-refractivity contribution in [2.45, 2.75) is 122 Å². The van der Waals surface area contributed by atoms with Gasteiger partial charge in [-0.2, -0.15) is 0 Å². The van der Waals surface area contributed by atoms with Crippen LogP contribution in [0.5, 0.6) is 0 Å². The lowest BCUT2D eigenvalue weighted by atomic mass is 9.77. The van der Waals surface area contributed by atoms with Crippen molar-refractivity contribution in [3.8, 4) is 0 Å². The van der Waals surface area contributed by atoms with E-state index in [-0.39, 0.29) is 37.6 Å². The summed E-state index contributed by atoms with van der Waals surface area (Å²) in [6.07, 6.45) is 3.41. The van der Waals surface area contributed by atoms with Gasteiger partial charge in [-0.3, -0.25) is 9.59 Å². The number of alkyl carbamates (subject to hydrolysis) is 1. The van der Waals surface area contributed by atoms with Gasteiger partial charge in [0, 0.05) is 39.6 Å². The number of carbonyl (C=O) groups is 3. The highest BCUT2D eigenvalue weighted by molar-refractivity contribution is 5.75. The molecule has 1 saturated heterocycles. The van der Waals surface area contributed by atoms with Gasteiger partial charge in [0.05, 0.1) is 19.8 Å². The van der Waals surface area contributed by atoms with Crippen molar-refractivity contribution >= 4 is 17.9 Å². The zero-order chi connectivity index (χ0) is 32.8. The molecule has 8 N–H and O–H groups in total. The molecule has 14 nitrogen and oxygen atoms in total. The van der Waals surface area contributed by atoms with Crippen molar-refractivity contribution in [2.75, 3.05) is 46.1 Å². The smallest absolute Gasteiger partial charge is 0.407 e. The first-order chi connectivity index (χ1) is 21.1. The van der Waals surface area contributed by atoms with Crippen LogP contribution in [0, 0.1) is 5.41 Å². The van der Waals surface area contributed by atoms with Gasteiger partial charge in [-0.1, -0.05) is 19.8 Å². The second kappa shape index (κ2) is 23.3. The molecule has 3 amide bonds. The van der Waals surface area contributed by atoms with Crippen LogP contribution in [0.25, 0.3) is 0 Å².